The van der Waals surface area contributed by atoms with Gasteiger partial charge in [0, 0.05) is 0 Å². The van der Waals surface area contributed by atoms with Crippen molar-refractivity contribution < 1.29 is 5.11 Å². The number of aliphatic hydroxyl groups is 1. The van der Waals surface area contributed by atoms with E-state index in [1.54, 1.807) is 6.92 Å². The van der Waals surface area contributed by atoms with Gasteiger partial charge >= 0.3 is 0 Å². The molecule has 7 heteroatoms. The molecule has 0 aliphatic rings. The van der Waals surface area contributed by atoms with E-state index < -0.39 is 28.3 Å². The van der Waals surface area contributed by atoms with Crippen molar-refractivity contribution in [1.82, 2.24) is 9.13 Å². The first-order valence-corrected chi connectivity index (χ1v) is 9.99. The van der Waals surface area contributed by atoms with Crippen LogP contribution in [0.4, 0.5) is 0 Å². The first-order valence-electron chi connectivity index (χ1n) is 9.99. The molecule has 0 fully saturated rings. The Kier molecular flexibility index (Phi) is 4.78. The third kappa shape index (κ3) is 2.62. The van der Waals surface area contributed by atoms with Crippen LogP contribution in [0.25, 0.3) is 27.2 Å². The molecule has 2 aromatic carbocycles. The van der Waals surface area contributed by atoms with E-state index in [-0.39, 0.29) is 28.2 Å². The van der Waals surface area contributed by atoms with Gasteiger partial charge in [-0.2, -0.15) is 0 Å². The summed E-state index contributed by atoms with van der Waals surface area (Å²) in [5.74, 6) is 0. The van der Waals surface area contributed by atoms with Crippen molar-refractivity contribution in [3.05, 3.63) is 82.9 Å². The molecule has 154 valence electrons. The van der Waals surface area contributed by atoms with Crippen LogP contribution < -0.4 is 22.2 Å². The van der Waals surface area contributed by atoms with Gasteiger partial charge in [0.15, 0.2) is 0 Å². The smallest absolute Gasteiger partial charge is 0.266 e. The largest absolute Gasteiger partial charge is 0.394 e. The second-order valence-electron chi connectivity index (χ2n) is 7.55. The van der Waals surface area contributed by atoms with Crippen molar-refractivity contribution in [3.63, 3.8) is 0 Å². The fourth-order valence-corrected chi connectivity index (χ4v) is 4.25. The summed E-state index contributed by atoms with van der Waals surface area (Å²) in [6.07, 6.45) is 1.05. The zero-order valence-electron chi connectivity index (χ0n) is 17.1. The number of aliphatic hydroxyl groups excluding tert-OH is 1. The molecule has 0 aliphatic heterocycles. The molecule has 0 bridgehead atoms. The Morgan fingerprint density at radius 1 is 0.867 bits per heavy atom. The summed E-state index contributed by atoms with van der Waals surface area (Å²) in [5.41, 5.74) is 0.0963. The summed E-state index contributed by atoms with van der Waals surface area (Å²) in [5, 5.41) is 9.94. The second kappa shape index (κ2) is 7.18. The number of hydrogen-bond acceptors (Lipinski definition) is 5. The van der Waals surface area contributed by atoms with E-state index in [1.165, 1.54) is 12.1 Å². The lowest BCUT2D eigenvalue weighted by Crippen LogP contribution is -2.31. The Balaban J connectivity index is 2.12. The minimum absolute atomic E-state index is 0.0918. The van der Waals surface area contributed by atoms with Crippen molar-refractivity contribution >= 4 is 21.5 Å². The Bertz CT molecular complexity index is 1420. The minimum Gasteiger partial charge on any atom is -0.394 e. The number of aryl methyl sites for hydroxylation is 2. The molecule has 0 radical (unpaired) electrons. The lowest BCUT2D eigenvalue weighted by molar-refractivity contribution is 0.220. The maximum absolute atomic E-state index is 13.2. The van der Waals surface area contributed by atoms with Crippen molar-refractivity contribution in [3.8, 4) is 5.69 Å². The summed E-state index contributed by atoms with van der Waals surface area (Å²) >= 11 is 0. The van der Waals surface area contributed by atoms with Crippen LogP contribution in [0.5, 0.6) is 0 Å². The molecule has 2 aromatic heterocycles. The number of nitrogens with zero attached hydrogens (tertiary/aromatic N) is 2. The normalized spacial score (nSPS) is 12.8. The molecule has 7 nitrogen and oxygen atoms in total. The van der Waals surface area contributed by atoms with Crippen molar-refractivity contribution in [2.45, 2.75) is 39.7 Å². The molecule has 4 aromatic rings. The lowest BCUT2D eigenvalue weighted by atomic mass is 10.1. The fourth-order valence-electron chi connectivity index (χ4n) is 4.25. The number of benzene rings is 2. The maximum atomic E-state index is 13.2. The van der Waals surface area contributed by atoms with E-state index in [9.17, 15) is 24.3 Å². The first kappa shape index (κ1) is 20.0. The highest BCUT2D eigenvalue weighted by atomic mass is 16.3. The molecule has 30 heavy (non-hydrogen) atoms. The average molecular weight is 406 g/mol. The zero-order chi connectivity index (χ0) is 21.7. The van der Waals surface area contributed by atoms with Crippen LogP contribution in [-0.2, 0) is 6.42 Å². The quantitative estimate of drug-likeness (QED) is 0.544. The van der Waals surface area contributed by atoms with Crippen LogP contribution in [0.15, 0.2) is 49.5 Å². The van der Waals surface area contributed by atoms with Gasteiger partial charge in [-0.15, -0.1) is 0 Å². The van der Waals surface area contributed by atoms with Crippen LogP contribution >= 0.6 is 0 Å². The van der Waals surface area contributed by atoms with Crippen LogP contribution in [0.1, 0.15) is 37.4 Å². The van der Waals surface area contributed by atoms with E-state index in [0.29, 0.717) is 18.5 Å². The van der Waals surface area contributed by atoms with Gasteiger partial charge in [0.05, 0.1) is 39.9 Å². The topological polar surface area (TPSA) is 98.4 Å². The molecular formula is C23H22N2O5. The predicted octanol–water partition coefficient (Wildman–Crippen LogP) is 1.72. The van der Waals surface area contributed by atoms with Crippen LogP contribution in [-0.4, -0.2) is 20.8 Å². The van der Waals surface area contributed by atoms with Crippen molar-refractivity contribution in [2.24, 2.45) is 0 Å². The highest BCUT2D eigenvalue weighted by Crippen LogP contribution is 2.21. The third-order valence-electron chi connectivity index (χ3n) is 5.90. The van der Waals surface area contributed by atoms with Gasteiger partial charge in [0.25, 0.3) is 22.2 Å². The van der Waals surface area contributed by atoms with Gasteiger partial charge in [0.1, 0.15) is 0 Å². The third-order valence-corrected chi connectivity index (χ3v) is 5.90. The van der Waals surface area contributed by atoms with E-state index in [2.05, 4.69) is 0 Å². The fraction of sp³-hybridized carbons (Fsp3) is 0.304. The predicted molar refractivity (Wildman–Crippen MR) is 117 cm³/mol. The number of rotatable bonds is 5. The molecule has 0 spiro atoms. The molecule has 0 saturated heterocycles. The molecule has 2 heterocycles. The number of hydrogen-bond donors (Lipinski definition) is 1. The van der Waals surface area contributed by atoms with Gasteiger partial charge < -0.3 is 5.11 Å². The Morgan fingerprint density at radius 2 is 1.40 bits per heavy atom. The molecular weight excluding hydrogens is 384 g/mol. The average Bonchev–Trinajstić information content (AvgIpc) is 3.13. The van der Waals surface area contributed by atoms with Crippen LogP contribution in [0, 0.1) is 6.92 Å². The highest BCUT2D eigenvalue weighted by Gasteiger charge is 2.23. The molecule has 0 amide bonds. The lowest BCUT2D eigenvalue weighted by Gasteiger charge is -2.10. The van der Waals surface area contributed by atoms with Gasteiger partial charge in [-0.05, 0) is 43.0 Å². The second-order valence-corrected chi connectivity index (χ2v) is 7.55. The molecule has 4 rings (SSSR count). The molecule has 0 aliphatic carbocycles. The maximum Gasteiger partial charge on any atom is 0.266 e. The van der Waals surface area contributed by atoms with Crippen molar-refractivity contribution in [2.75, 3.05) is 6.61 Å². The first-order chi connectivity index (χ1) is 14.3. The molecule has 0 saturated carbocycles. The molecule has 1 atom stereocenters. The summed E-state index contributed by atoms with van der Waals surface area (Å²) < 4.78 is 2.16. The van der Waals surface area contributed by atoms with Gasteiger partial charge in [0.2, 0.25) is 0 Å². The minimum atomic E-state index is -0.644. The van der Waals surface area contributed by atoms with Gasteiger partial charge in [-0.1, -0.05) is 32.0 Å². The molecule has 1 unspecified atom stereocenters. The Labute approximate surface area is 171 Å². The summed E-state index contributed by atoms with van der Waals surface area (Å²) in [6.45, 7) is 5.20. The SMILES string of the molecule is CCc1cccc(C)c1-n1c(=O)c2cc3c(=O)n(C(CC)CO)c(=O)c3cc2c1=O. The van der Waals surface area contributed by atoms with E-state index in [0.717, 1.165) is 20.3 Å². The monoisotopic (exact) mass is 406 g/mol. The van der Waals surface area contributed by atoms with Crippen molar-refractivity contribution in [1.29, 1.82) is 0 Å². The Morgan fingerprint density at radius 3 is 1.87 bits per heavy atom. The summed E-state index contributed by atoms with van der Waals surface area (Å²) in [4.78, 5) is 52.1. The molecule has 1 N–H and O–H groups in total. The number of fused-ring (bicyclic) bond motifs is 2. The van der Waals surface area contributed by atoms with E-state index >= 15 is 0 Å². The van der Waals surface area contributed by atoms with Crippen LogP contribution in [0.2, 0.25) is 0 Å². The Hall–Kier alpha value is -3.32. The summed E-state index contributed by atoms with van der Waals surface area (Å²) in [6, 6.07) is 7.63. The highest BCUT2D eigenvalue weighted by molar-refractivity contribution is 5.98. The van der Waals surface area contributed by atoms with E-state index in [4.69, 9.17) is 0 Å². The van der Waals surface area contributed by atoms with Gasteiger partial charge in [-0.25, -0.2) is 4.57 Å². The van der Waals surface area contributed by atoms with Gasteiger partial charge in [-0.3, -0.25) is 23.7 Å². The van der Waals surface area contributed by atoms with E-state index in [1.807, 2.05) is 32.0 Å². The number of para-hydroxylation sites is 1. The standard InChI is InChI=1S/C23H22N2O5/c1-4-13-8-6-7-12(3)19(13)25-22(29)17-9-15-16(10-18(17)23(25)30)21(28)24(20(15)27)14(5-2)11-26/h6-10,14,26H,4-5,11H2,1-3H3. The van der Waals surface area contributed by atoms with Crippen LogP contribution in [0.3, 0.4) is 0 Å². The zero-order valence-corrected chi connectivity index (χ0v) is 17.1. The summed E-state index contributed by atoms with van der Waals surface area (Å²) in [7, 11) is 0. The number of aromatic nitrogens is 2.